The van der Waals surface area contributed by atoms with Crippen molar-refractivity contribution in [3.05, 3.63) is 36.6 Å². The molecule has 13 heavy (non-hydrogen) atoms. The van der Waals surface area contributed by atoms with Crippen molar-refractivity contribution in [1.82, 2.24) is 0 Å². The number of furan rings is 1. The van der Waals surface area contributed by atoms with Crippen molar-refractivity contribution >= 4 is 22.2 Å². The number of nitrogens with two attached hydrogens (primary N) is 1. The van der Waals surface area contributed by atoms with Gasteiger partial charge in [0.25, 0.3) is 0 Å². The molecule has 0 radical (unpaired) electrons. The fourth-order valence-electron chi connectivity index (χ4n) is 1.27. The number of nitrogen functional groups attached to an aromatic ring is 1. The molecule has 2 aromatic rings. The molecule has 68 valence electrons. The Hall–Kier alpha value is -1.70. The Kier molecular flexibility index (Phi) is 1.62. The van der Waals surface area contributed by atoms with Crippen LogP contribution in [0.5, 0.6) is 0 Å². The van der Waals surface area contributed by atoms with Gasteiger partial charge in [-0.25, -0.2) is 0 Å². The van der Waals surface area contributed by atoms with Crippen LogP contribution in [-0.4, -0.2) is 0 Å². The highest BCUT2D eigenvalue weighted by molar-refractivity contribution is 5.84. The lowest BCUT2D eigenvalue weighted by Crippen LogP contribution is -1.80. The maximum atomic E-state index is 5.65. The van der Waals surface area contributed by atoms with E-state index in [1.54, 1.807) is 0 Å². The number of hydrogen-bond donors (Lipinski definition) is 1. The van der Waals surface area contributed by atoms with E-state index in [9.17, 15) is 0 Å². The zero-order valence-corrected chi connectivity index (χ0v) is 7.50. The summed E-state index contributed by atoms with van der Waals surface area (Å²) in [6.07, 6.45) is 0. The Morgan fingerprint density at radius 1 is 1.46 bits per heavy atom. The van der Waals surface area contributed by atoms with Crippen molar-refractivity contribution in [3.63, 3.8) is 0 Å². The Balaban J connectivity index is 0.000000980. The quantitative estimate of drug-likeness (QED) is 0.675. The van der Waals surface area contributed by atoms with Crippen LogP contribution < -0.4 is 5.73 Å². The fourth-order valence-corrected chi connectivity index (χ4v) is 1.27. The minimum absolute atomic E-state index is 0. The van der Waals surface area contributed by atoms with Gasteiger partial charge in [-0.05, 0) is 36.8 Å². The van der Waals surface area contributed by atoms with Crippen LogP contribution in [-0.2, 0) is 0 Å². The molecule has 0 aliphatic heterocycles. The van der Waals surface area contributed by atoms with Crippen molar-refractivity contribution in [2.75, 3.05) is 5.73 Å². The number of allylic oxidation sites excluding steroid dienone is 1. The van der Waals surface area contributed by atoms with Gasteiger partial charge in [0.05, 0.1) is 0 Å². The smallest absolute Gasteiger partial charge is 0.134 e. The summed E-state index contributed by atoms with van der Waals surface area (Å²) >= 11 is 0. The lowest BCUT2D eigenvalue weighted by Gasteiger charge is -1.90. The number of hydrogen-bond acceptors (Lipinski definition) is 2. The Morgan fingerprint density at radius 2 is 2.23 bits per heavy atom. The number of anilines is 1. The van der Waals surface area contributed by atoms with Gasteiger partial charge in [0.1, 0.15) is 11.3 Å². The Labute approximate surface area is 78.1 Å². The van der Waals surface area contributed by atoms with Gasteiger partial charge in [-0.15, -0.1) is 0 Å². The third-order valence-corrected chi connectivity index (χ3v) is 1.96. The van der Waals surface area contributed by atoms with E-state index in [2.05, 4.69) is 6.58 Å². The first-order valence-corrected chi connectivity index (χ1v) is 4.12. The van der Waals surface area contributed by atoms with E-state index in [0.29, 0.717) is 0 Å². The molecule has 0 saturated heterocycles. The average Bonchev–Trinajstić information content (AvgIpc) is 2.46. The molecule has 0 atom stereocenters. The van der Waals surface area contributed by atoms with Crippen LogP contribution in [0.25, 0.3) is 16.5 Å². The maximum Gasteiger partial charge on any atom is 0.134 e. The molecular formula is C11H13NO. The van der Waals surface area contributed by atoms with Crippen LogP contribution in [0.3, 0.4) is 0 Å². The lowest BCUT2D eigenvalue weighted by molar-refractivity contribution is 0.599. The normalized spacial score (nSPS) is 10.5. The number of fused-ring (bicyclic) bond motifs is 1. The van der Waals surface area contributed by atoms with Crippen molar-refractivity contribution in [2.24, 2.45) is 0 Å². The van der Waals surface area contributed by atoms with Gasteiger partial charge < -0.3 is 10.2 Å². The highest BCUT2D eigenvalue weighted by atomic mass is 16.3. The molecule has 0 saturated carbocycles. The molecule has 0 aliphatic carbocycles. The first kappa shape index (κ1) is 7.92. The van der Waals surface area contributed by atoms with E-state index in [0.717, 1.165) is 28.0 Å². The molecular weight excluding hydrogens is 162 g/mol. The standard InChI is InChI=1S/C11H11NO.H2/c1-7(2)11-6-8-5-9(12)3-4-10(8)13-11;/h3-6H,1,12H2,2H3;1H. The summed E-state index contributed by atoms with van der Waals surface area (Å²) in [5.74, 6) is 0.820. The third-order valence-electron chi connectivity index (χ3n) is 1.96. The van der Waals surface area contributed by atoms with Gasteiger partial charge in [-0.1, -0.05) is 6.58 Å². The predicted molar refractivity (Wildman–Crippen MR) is 57.4 cm³/mol. The highest BCUT2D eigenvalue weighted by Gasteiger charge is 2.03. The molecule has 0 unspecified atom stereocenters. The second-order valence-electron chi connectivity index (χ2n) is 3.19. The second kappa shape index (κ2) is 2.66. The van der Waals surface area contributed by atoms with Crippen molar-refractivity contribution in [3.8, 4) is 0 Å². The van der Waals surface area contributed by atoms with E-state index in [-0.39, 0.29) is 1.43 Å². The lowest BCUT2D eigenvalue weighted by atomic mass is 10.2. The van der Waals surface area contributed by atoms with Crippen molar-refractivity contribution in [1.29, 1.82) is 0 Å². The average molecular weight is 175 g/mol. The summed E-state index contributed by atoms with van der Waals surface area (Å²) in [6.45, 7) is 5.74. The van der Waals surface area contributed by atoms with Gasteiger partial charge in [-0.2, -0.15) is 0 Å². The Bertz CT molecular complexity index is 473. The first-order valence-electron chi connectivity index (χ1n) is 4.12. The summed E-state index contributed by atoms with van der Waals surface area (Å²) in [7, 11) is 0. The largest absolute Gasteiger partial charge is 0.456 e. The third kappa shape index (κ3) is 1.31. The van der Waals surface area contributed by atoms with Crippen LogP contribution >= 0.6 is 0 Å². The molecule has 1 aromatic carbocycles. The molecule has 1 heterocycles. The van der Waals surface area contributed by atoms with Crippen LogP contribution in [0.4, 0.5) is 5.69 Å². The Morgan fingerprint density at radius 3 is 2.92 bits per heavy atom. The van der Waals surface area contributed by atoms with Crippen LogP contribution in [0.15, 0.2) is 35.3 Å². The molecule has 2 rings (SSSR count). The van der Waals surface area contributed by atoms with Gasteiger partial charge in [0.2, 0.25) is 0 Å². The summed E-state index contributed by atoms with van der Waals surface area (Å²) in [4.78, 5) is 0. The fraction of sp³-hybridized carbons (Fsp3) is 0.0909. The molecule has 0 amide bonds. The molecule has 0 aliphatic rings. The SMILES string of the molecule is C=C(C)c1cc2cc(N)ccc2o1.[HH]. The van der Waals surface area contributed by atoms with E-state index >= 15 is 0 Å². The summed E-state index contributed by atoms with van der Waals surface area (Å²) in [5, 5.41) is 1.03. The van der Waals surface area contributed by atoms with Crippen LogP contribution in [0.1, 0.15) is 14.1 Å². The number of benzene rings is 1. The molecule has 2 heteroatoms. The zero-order valence-electron chi connectivity index (χ0n) is 7.50. The zero-order chi connectivity index (χ0) is 9.42. The van der Waals surface area contributed by atoms with Gasteiger partial charge >= 0.3 is 0 Å². The van der Waals surface area contributed by atoms with Crippen molar-refractivity contribution < 1.29 is 5.84 Å². The monoisotopic (exact) mass is 175 g/mol. The van der Waals surface area contributed by atoms with Gasteiger partial charge in [0, 0.05) is 12.5 Å². The number of rotatable bonds is 1. The van der Waals surface area contributed by atoms with Crippen molar-refractivity contribution in [2.45, 2.75) is 6.92 Å². The van der Waals surface area contributed by atoms with Gasteiger partial charge in [-0.3, -0.25) is 0 Å². The van der Waals surface area contributed by atoms with E-state index in [1.165, 1.54) is 0 Å². The van der Waals surface area contributed by atoms with E-state index in [1.807, 2.05) is 31.2 Å². The molecule has 0 bridgehead atoms. The highest BCUT2D eigenvalue weighted by Crippen LogP contribution is 2.24. The summed E-state index contributed by atoms with van der Waals surface area (Å²) in [5.41, 5.74) is 8.18. The van der Waals surface area contributed by atoms with Gasteiger partial charge in [0.15, 0.2) is 0 Å². The topological polar surface area (TPSA) is 39.2 Å². The molecule has 2 nitrogen and oxygen atoms in total. The molecule has 0 spiro atoms. The first-order chi connectivity index (χ1) is 6.16. The molecule has 0 fully saturated rings. The maximum absolute atomic E-state index is 5.65. The molecule has 2 N–H and O–H groups in total. The summed E-state index contributed by atoms with van der Waals surface area (Å²) < 4.78 is 5.53. The van der Waals surface area contributed by atoms with Crippen LogP contribution in [0, 0.1) is 0 Å². The van der Waals surface area contributed by atoms with E-state index < -0.39 is 0 Å². The summed E-state index contributed by atoms with van der Waals surface area (Å²) in [6, 6.07) is 7.55. The second-order valence-corrected chi connectivity index (χ2v) is 3.19. The minimum Gasteiger partial charge on any atom is -0.456 e. The minimum atomic E-state index is 0. The van der Waals surface area contributed by atoms with Crippen LogP contribution in [0.2, 0.25) is 0 Å². The predicted octanol–water partition coefficient (Wildman–Crippen LogP) is 3.29. The van der Waals surface area contributed by atoms with E-state index in [4.69, 9.17) is 10.2 Å². The molecule has 1 aromatic heterocycles.